The molecule has 1 fully saturated rings. The molecule has 1 aliphatic rings. The molecule has 2 unspecified atom stereocenters. The van der Waals surface area contributed by atoms with E-state index in [1.165, 1.54) is 25.7 Å². The molecular formula is C18H31N3. The third-order valence-corrected chi connectivity index (χ3v) is 4.55. The van der Waals surface area contributed by atoms with Gasteiger partial charge in [-0.15, -0.1) is 0 Å². The molecule has 1 N–H and O–H groups in total. The van der Waals surface area contributed by atoms with Gasteiger partial charge in [-0.25, -0.2) is 9.97 Å². The lowest BCUT2D eigenvalue weighted by Gasteiger charge is -2.21. The molecule has 0 amide bonds. The molecule has 118 valence electrons. The van der Waals surface area contributed by atoms with Gasteiger partial charge in [-0.05, 0) is 31.6 Å². The van der Waals surface area contributed by atoms with E-state index in [1.807, 2.05) is 0 Å². The van der Waals surface area contributed by atoms with Gasteiger partial charge in [-0.1, -0.05) is 41.0 Å². The molecule has 2 rings (SSSR count). The van der Waals surface area contributed by atoms with Crippen molar-refractivity contribution >= 4 is 5.82 Å². The van der Waals surface area contributed by atoms with Gasteiger partial charge in [0.05, 0.1) is 5.69 Å². The number of nitrogens with zero attached hydrogens (tertiary/aromatic N) is 2. The average molecular weight is 289 g/mol. The van der Waals surface area contributed by atoms with Gasteiger partial charge >= 0.3 is 0 Å². The Kier molecular flexibility index (Phi) is 5.23. The molecule has 0 aliphatic heterocycles. The Hall–Kier alpha value is -1.12. The van der Waals surface area contributed by atoms with Gasteiger partial charge in [0, 0.05) is 23.9 Å². The summed E-state index contributed by atoms with van der Waals surface area (Å²) in [6.07, 6.45) is 6.25. The van der Waals surface area contributed by atoms with Crippen LogP contribution in [0, 0.1) is 5.92 Å². The standard InChI is InChI=1S/C18H31N3/c1-6-10-19-16-12-15(18(3,4)5)20-17(21-16)14-9-8-13(7-2)11-14/h12-14H,6-11H2,1-5H3,(H,19,20,21). The molecule has 3 heteroatoms. The maximum Gasteiger partial charge on any atom is 0.134 e. The van der Waals surface area contributed by atoms with E-state index < -0.39 is 0 Å². The first-order valence-corrected chi connectivity index (χ1v) is 8.57. The minimum absolute atomic E-state index is 0.0725. The summed E-state index contributed by atoms with van der Waals surface area (Å²) in [7, 11) is 0. The maximum absolute atomic E-state index is 4.91. The molecule has 1 aromatic rings. The molecule has 21 heavy (non-hydrogen) atoms. The summed E-state index contributed by atoms with van der Waals surface area (Å²) < 4.78 is 0. The second-order valence-corrected chi connectivity index (χ2v) is 7.46. The number of hydrogen-bond acceptors (Lipinski definition) is 3. The van der Waals surface area contributed by atoms with Crippen LogP contribution in [-0.4, -0.2) is 16.5 Å². The second-order valence-electron chi connectivity index (χ2n) is 7.46. The summed E-state index contributed by atoms with van der Waals surface area (Å²) >= 11 is 0. The Morgan fingerprint density at radius 2 is 1.95 bits per heavy atom. The number of aromatic nitrogens is 2. The van der Waals surface area contributed by atoms with E-state index in [0.29, 0.717) is 5.92 Å². The molecule has 0 aromatic carbocycles. The van der Waals surface area contributed by atoms with E-state index in [9.17, 15) is 0 Å². The van der Waals surface area contributed by atoms with E-state index >= 15 is 0 Å². The Labute approximate surface area is 130 Å². The topological polar surface area (TPSA) is 37.8 Å². The zero-order chi connectivity index (χ0) is 15.5. The lowest BCUT2D eigenvalue weighted by molar-refractivity contribution is 0.512. The molecule has 2 atom stereocenters. The van der Waals surface area contributed by atoms with Gasteiger partial charge in [-0.3, -0.25) is 0 Å². The van der Waals surface area contributed by atoms with Crippen LogP contribution in [0.5, 0.6) is 0 Å². The highest BCUT2D eigenvalue weighted by atomic mass is 15.0. The van der Waals surface area contributed by atoms with E-state index in [-0.39, 0.29) is 5.41 Å². The predicted molar refractivity (Wildman–Crippen MR) is 89.9 cm³/mol. The molecule has 3 nitrogen and oxygen atoms in total. The van der Waals surface area contributed by atoms with Crippen molar-refractivity contribution in [2.24, 2.45) is 5.92 Å². The number of rotatable bonds is 5. The quantitative estimate of drug-likeness (QED) is 0.838. The van der Waals surface area contributed by atoms with Crippen LogP contribution in [0.3, 0.4) is 0 Å². The smallest absolute Gasteiger partial charge is 0.134 e. The van der Waals surface area contributed by atoms with Gasteiger partial charge in [-0.2, -0.15) is 0 Å². The third-order valence-electron chi connectivity index (χ3n) is 4.55. The summed E-state index contributed by atoms with van der Waals surface area (Å²) in [5.41, 5.74) is 1.23. The highest BCUT2D eigenvalue weighted by Crippen LogP contribution is 2.39. The van der Waals surface area contributed by atoms with Crippen molar-refractivity contribution in [2.75, 3.05) is 11.9 Å². The number of anilines is 1. The lowest BCUT2D eigenvalue weighted by atomic mass is 9.91. The Balaban J connectivity index is 2.27. The van der Waals surface area contributed by atoms with Crippen molar-refractivity contribution in [2.45, 2.75) is 78.1 Å². The Morgan fingerprint density at radius 3 is 2.52 bits per heavy atom. The normalized spacial score (nSPS) is 22.5. The largest absolute Gasteiger partial charge is 0.370 e. The summed E-state index contributed by atoms with van der Waals surface area (Å²) in [4.78, 5) is 9.73. The first-order valence-electron chi connectivity index (χ1n) is 8.57. The number of nitrogens with one attached hydrogen (secondary N) is 1. The van der Waals surface area contributed by atoms with Crippen LogP contribution in [0.4, 0.5) is 5.82 Å². The third kappa shape index (κ3) is 4.18. The maximum atomic E-state index is 4.91. The first kappa shape index (κ1) is 16.3. The highest BCUT2D eigenvalue weighted by Gasteiger charge is 2.28. The molecule has 0 bridgehead atoms. The van der Waals surface area contributed by atoms with E-state index in [4.69, 9.17) is 9.97 Å². The van der Waals surface area contributed by atoms with Crippen molar-refractivity contribution in [1.82, 2.24) is 9.97 Å². The Bertz CT molecular complexity index is 462. The fourth-order valence-electron chi connectivity index (χ4n) is 3.06. The van der Waals surface area contributed by atoms with Crippen molar-refractivity contribution in [3.05, 3.63) is 17.6 Å². The van der Waals surface area contributed by atoms with Crippen molar-refractivity contribution in [3.63, 3.8) is 0 Å². The molecule has 1 aliphatic carbocycles. The lowest BCUT2D eigenvalue weighted by Crippen LogP contribution is -2.18. The summed E-state index contributed by atoms with van der Waals surface area (Å²) in [5, 5.41) is 3.44. The summed E-state index contributed by atoms with van der Waals surface area (Å²) in [6, 6.07) is 2.13. The molecule has 0 saturated heterocycles. The minimum atomic E-state index is 0.0725. The van der Waals surface area contributed by atoms with Gasteiger partial charge in [0.2, 0.25) is 0 Å². The van der Waals surface area contributed by atoms with Crippen LogP contribution in [0.2, 0.25) is 0 Å². The van der Waals surface area contributed by atoms with Crippen LogP contribution >= 0.6 is 0 Å². The first-order chi connectivity index (χ1) is 9.94. The fraction of sp³-hybridized carbons (Fsp3) is 0.778. The highest BCUT2D eigenvalue weighted by molar-refractivity contribution is 5.38. The SMILES string of the molecule is CCCNc1cc(C(C)(C)C)nc(C2CCC(CC)C2)n1. The van der Waals surface area contributed by atoms with Crippen LogP contribution < -0.4 is 5.32 Å². The van der Waals surface area contributed by atoms with Crippen molar-refractivity contribution < 1.29 is 0 Å². The van der Waals surface area contributed by atoms with Gasteiger partial charge in [0.1, 0.15) is 11.6 Å². The number of hydrogen-bond donors (Lipinski definition) is 1. The van der Waals surface area contributed by atoms with Gasteiger partial charge in [0.15, 0.2) is 0 Å². The minimum Gasteiger partial charge on any atom is -0.370 e. The van der Waals surface area contributed by atoms with Crippen LogP contribution in [0.25, 0.3) is 0 Å². The van der Waals surface area contributed by atoms with Gasteiger partial charge < -0.3 is 5.32 Å². The second kappa shape index (κ2) is 6.76. The Morgan fingerprint density at radius 1 is 1.19 bits per heavy atom. The van der Waals surface area contributed by atoms with Crippen LogP contribution in [0.1, 0.15) is 84.2 Å². The van der Waals surface area contributed by atoms with Crippen molar-refractivity contribution in [1.29, 1.82) is 0 Å². The summed E-state index contributed by atoms with van der Waals surface area (Å²) in [6.45, 7) is 12.1. The van der Waals surface area contributed by atoms with E-state index in [2.05, 4.69) is 46.0 Å². The van der Waals surface area contributed by atoms with E-state index in [1.54, 1.807) is 0 Å². The molecule has 0 radical (unpaired) electrons. The van der Waals surface area contributed by atoms with Crippen LogP contribution in [0.15, 0.2) is 6.07 Å². The molecular weight excluding hydrogens is 258 g/mol. The molecule has 0 spiro atoms. The zero-order valence-corrected chi connectivity index (χ0v) is 14.4. The summed E-state index contributed by atoms with van der Waals surface area (Å²) in [5.74, 6) is 3.49. The monoisotopic (exact) mass is 289 g/mol. The van der Waals surface area contributed by atoms with E-state index in [0.717, 1.165) is 36.2 Å². The molecule has 1 aromatic heterocycles. The fourth-order valence-corrected chi connectivity index (χ4v) is 3.06. The average Bonchev–Trinajstić information content (AvgIpc) is 2.93. The molecule has 1 saturated carbocycles. The predicted octanol–water partition coefficient (Wildman–Crippen LogP) is 4.89. The zero-order valence-electron chi connectivity index (χ0n) is 14.4. The molecule has 1 heterocycles. The van der Waals surface area contributed by atoms with Crippen molar-refractivity contribution in [3.8, 4) is 0 Å². The van der Waals surface area contributed by atoms with Crippen LogP contribution in [-0.2, 0) is 5.41 Å². The van der Waals surface area contributed by atoms with Gasteiger partial charge in [0.25, 0.3) is 0 Å².